The van der Waals surface area contributed by atoms with E-state index >= 15 is 0 Å². The molecule has 3 aromatic rings. The molecule has 0 unspecified atom stereocenters. The van der Waals surface area contributed by atoms with Crippen LogP contribution in [-0.4, -0.2) is 28.6 Å². The first-order valence-electron chi connectivity index (χ1n) is 7.84. The van der Waals surface area contributed by atoms with Crippen molar-refractivity contribution in [2.45, 2.75) is 11.8 Å². The molecule has 2 aromatic carbocycles. The second kappa shape index (κ2) is 8.14. The van der Waals surface area contributed by atoms with E-state index in [1.165, 1.54) is 47.1 Å². The number of benzene rings is 2. The molecule has 0 aliphatic heterocycles. The molecule has 1 heterocycles. The smallest absolute Gasteiger partial charge is 0.256 e. The van der Waals surface area contributed by atoms with Crippen LogP contribution in [0.2, 0.25) is 0 Å². The Bertz CT molecular complexity index is 897. The highest BCUT2D eigenvalue weighted by atomic mass is 32.2. The highest BCUT2D eigenvalue weighted by Gasteiger charge is 2.13. The van der Waals surface area contributed by atoms with Crippen LogP contribution in [0.25, 0.3) is 11.3 Å². The maximum Gasteiger partial charge on any atom is 0.256 e. The second-order valence-corrected chi connectivity index (χ2v) is 6.59. The molecule has 7 heteroatoms. The molecule has 1 aromatic heterocycles. The number of amides is 1. The van der Waals surface area contributed by atoms with Crippen molar-refractivity contribution in [1.29, 1.82) is 0 Å². The van der Waals surface area contributed by atoms with Gasteiger partial charge in [0.05, 0.1) is 11.9 Å². The van der Waals surface area contributed by atoms with Gasteiger partial charge >= 0.3 is 0 Å². The van der Waals surface area contributed by atoms with Gasteiger partial charge in [0.1, 0.15) is 11.6 Å². The molecule has 0 bridgehead atoms. The zero-order valence-corrected chi connectivity index (χ0v) is 14.8. The zero-order chi connectivity index (χ0) is 18.5. The first kappa shape index (κ1) is 18.1. The van der Waals surface area contributed by atoms with Crippen LogP contribution in [0.1, 0.15) is 5.56 Å². The summed E-state index contributed by atoms with van der Waals surface area (Å²) in [5.41, 5.74) is 1.43. The van der Waals surface area contributed by atoms with E-state index in [1.54, 1.807) is 31.3 Å². The number of carbonyl (C=O) groups is 1. The Balaban J connectivity index is 1.55. The van der Waals surface area contributed by atoms with Gasteiger partial charge in [-0.25, -0.2) is 13.8 Å². The van der Waals surface area contributed by atoms with E-state index in [2.05, 4.69) is 4.98 Å². The Hall–Kier alpha value is -2.67. The second-order valence-electron chi connectivity index (χ2n) is 5.67. The molecule has 4 nitrogen and oxygen atoms in total. The lowest BCUT2D eigenvalue weighted by Crippen LogP contribution is -2.27. The van der Waals surface area contributed by atoms with Gasteiger partial charge in [0.2, 0.25) is 5.91 Å². The highest BCUT2D eigenvalue weighted by Crippen LogP contribution is 2.25. The summed E-state index contributed by atoms with van der Waals surface area (Å²) in [5.74, 6) is -0.121. The van der Waals surface area contributed by atoms with Crippen LogP contribution >= 0.6 is 11.8 Å². The minimum absolute atomic E-state index is 0.124. The maximum absolute atomic E-state index is 13.2. The van der Waals surface area contributed by atoms with E-state index in [9.17, 15) is 13.6 Å². The van der Waals surface area contributed by atoms with Gasteiger partial charge in [-0.3, -0.25) is 4.79 Å². The number of halogens is 2. The van der Waals surface area contributed by atoms with Crippen molar-refractivity contribution < 1.29 is 18.0 Å². The third-order valence-corrected chi connectivity index (χ3v) is 4.49. The minimum Gasteiger partial charge on any atom is -0.431 e. The molecule has 0 aliphatic carbocycles. The molecular weight excluding hydrogens is 358 g/mol. The Labute approximate surface area is 153 Å². The van der Waals surface area contributed by atoms with Crippen LogP contribution in [-0.2, 0) is 11.3 Å². The summed E-state index contributed by atoms with van der Waals surface area (Å²) < 4.78 is 31.7. The van der Waals surface area contributed by atoms with Crippen LogP contribution in [0.3, 0.4) is 0 Å². The predicted molar refractivity (Wildman–Crippen MR) is 95.5 cm³/mol. The van der Waals surface area contributed by atoms with E-state index in [4.69, 9.17) is 4.42 Å². The van der Waals surface area contributed by atoms with Crippen molar-refractivity contribution in [2.24, 2.45) is 0 Å². The van der Waals surface area contributed by atoms with E-state index in [0.717, 1.165) is 5.56 Å². The lowest BCUT2D eigenvalue weighted by molar-refractivity contribution is -0.127. The van der Waals surface area contributed by atoms with Gasteiger partial charge in [-0.05, 0) is 42.0 Å². The van der Waals surface area contributed by atoms with E-state index in [-0.39, 0.29) is 23.3 Å². The number of thioether (sulfide) groups is 1. The SMILES string of the molecule is CN(Cc1cccc(F)c1)C(=O)CSc1ncc(-c2ccc(F)cc2)o1. The van der Waals surface area contributed by atoms with Crippen LogP contribution in [0.5, 0.6) is 0 Å². The fourth-order valence-corrected chi connectivity index (χ4v) is 3.05. The van der Waals surface area contributed by atoms with E-state index < -0.39 is 0 Å². The minimum atomic E-state index is -0.328. The monoisotopic (exact) mass is 374 g/mol. The summed E-state index contributed by atoms with van der Waals surface area (Å²) in [6.07, 6.45) is 1.54. The molecular formula is C19H16F2N2O2S. The number of rotatable bonds is 6. The number of nitrogens with zero attached hydrogens (tertiary/aromatic N) is 2. The number of hydrogen-bond donors (Lipinski definition) is 0. The zero-order valence-electron chi connectivity index (χ0n) is 14.0. The molecule has 134 valence electrons. The summed E-state index contributed by atoms with van der Waals surface area (Å²) >= 11 is 1.17. The Morgan fingerprint density at radius 2 is 1.92 bits per heavy atom. The molecule has 0 fully saturated rings. The predicted octanol–water partition coefficient (Wildman–Crippen LogP) is 4.37. The average Bonchev–Trinajstić information content (AvgIpc) is 3.09. The highest BCUT2D eigenvalue weighted by molar-refractivity contribution is 7.99. The van der Waals surface area contributed by atoms with Gasteiger partial charge in [-0.2, -0.15) is 0 Å². The van der Waals surface area contributed by atoms with Crippen molar-refractivity contribution in [3.8, 4) is 11.3 Å². The average molecular weight is 374 g/mol. The molecule has 0 spiro atoms. The molecule has 26 heavy (non-hydrogen) atoms. The summed E-state index contributed by atoms with van der Waals surface area (Å²) in [6.45, 7) is 0.323. The van der Waals surface area contributed by atoms with Crippen LogP contribution < -0.4 is 0 Å². The Morgan fingerprint density at radius 3 is 2.65 bits per heavy atom. The van der Waals surface area contributed by atoms with Crippen molar-refractivity contribution in [1.82, 2.24) is 9.88 Å². The van der Waals surface area contributed by atoms with Gasteiger partial charge in [-0.1, -0.05) is 23.9 Å². The molecule has 0 N–H and O–H groups in total. The third-order valence-electron chi connectivity index (χ3n) is 3.67. The molecule has 0 aliphatic rings. The van der Waals surface area contributed by atoms with Gasteiger partial charge in [0.15, 0.2) is 5.76 Å². The number of carbonyl (C=O) groups excluding carboxylic acids is 1. The van der Waals surface area contributed by atoms with Crippen molar-refractivity contribution in [3.05, 3.63) is 71.9 Å². The molecule has 1 amide bonds. The van der Waals surface area contributed by atoms with Gasteiger partial charge in [0.25, 0.3) is 5.22 Å². The molecule has 0 radical (unpaired) electrons. The molecule has 0 atom stereocenters. The third kappa shape index (κ3) is 4.70. The largest absolute Gasteiger partial charge is 0.431 e. The summed E-state index contributed by atoms with van der Waals surface area (Å²) in [7, 11) is 1.66. The van der Waals surface area contributed by atoms with E-state index in [1.807, 2.05) is 0 Å². The van der Waals surface area contributed by atoms with Gasteiger partial charge in [0, 0.05) is 19.2 Å². The van der Waals surface area contributed by atoms with Gasteiger partial charge < -0.3 is 9.32 Å². The van der Waals surface area contributed by atoms with Crippen molar-refractivity contribution in [3.63, 3.8) is 0 Å². The topological polar surface area (TPSA) is 46.3 Å². The molecule has 3 rings (SSSR count). The molecule has 0 saturated heterocycles. The van der Waals surface area contributed by atoms with Crippen LogP contribution in [0.4, 0.5) is 8.78 Å². The van der Waals surface area contributed by atoms with Crippen molar-refractivity contribution in [2.75, 3.05) is 12.8 Å². The quantitative estimate of drug-likeness (QED) is 0.601. The summed E-state index contributed by atoms with van der Waals surface area (Å²) in [6, 6.07) is 12.0. The maximum atomic E-state index is 13.2. The summed E-state index contributed by atoms with van der Waals surface area (Å²) in [5, 5.41) is 0.358. The Kier molecular flexibility index (Phi) is 5.68. The Morgan fingerprint density at radius 1 is 1.15 bits per heavy atom. The fourth-order valence-electron chi connectivity index (χ4n) is 2.30. The first-order chi connectivity index (χ1) is 12.5. The lowest BCUT2D eigenvalue weighted by atomic mass is 10.2. The number of oxazole rings is 1. The van der Waals surface area contributed by atoms with Crippen LogP contribution in [0, 0.1) is 11.6 Å². The fraction of sp³-hybridized carbons (Fsp3) is 0.158. The normalized spacial score (nSPS) is 10.7. The molecule has 0 saturated carbocycles. The van der Waals surface area contributed by atoms with Gasteiger partial charge in [-0.15, -0.1) is 0 Å². The lowest BCUT2D eigenvalue weighted by Gasteiger charge is -2.16. The number of aromatic nitrogens is 1. The van der Waals surface area contributed by atoms with Crippen LogP contribution in [0.15, 0.2) is 64.4 Å². The van der Waals surface area contributed by atoms with E-state index in [0.29, 0.717) is 23.1 Å². The van der Waals surface area contributed by atoms with Crippen molar-refractivity contribution >= 4 is 17.7 Å². The number of hydrogen-bond acceptors (Lipinski definition) is 4. The summed E-state index contributed by atoms with van der Waals surface area (Å²) in [4.78, 5) is 17.9. The first-order valence-corrected chi connectivity index (χ1v) is 8.83. The standard InChI is InChI=1S/C19H16F2N2O2S/c1-23(11-13-3-2-4-16(21)9-13)18(24)12-26-19-22-10-17(25-19)14-5-7-15(20)8-6-14/h2-10H,11-12H2,1H3.